The van der Waals surface area contributed by atoms with Gasteiger partial charge in [-0.2, -0.15) is 0 Å². The molecule has 0 aliphatic rings. The first kappa shape index (κ1) is 20.5. The largest absolute Gasteiger partial charge is 0.507 e. The van der Waals surface area contributed by atoms with Crippen LogP contribution in [0.2, 0.25) is 0 Å². The minimum Gasteiger partial charge on any atom is -0.507 e. The van der Waals surface area contributed by atoms with Crippen molar-refractivity contribution in [3.63, 3.8) is 0 Å². The summed E-state index contributed by atoms with van der Waals surface area (Å²) in [5.74, 6) is -0.529. The average Bonchev–Trinajstić information content (AvgIpc) is 2.67. The van der Waals surface area contributed by atoms with Crippen LogP contribution < -0.4 is 10.3 Å². The number of fused-ring (bicyclic) bond motifs is 1. The lowest BCUT2D eigenvalue weighted by Gasteiger charge is -2.19. The fraction of sp³-hybridized carbons (Fsp3) is 0.304. The number of ether oxygens (including phenoxy) is 2. The van der Waals surface area contributed by atoms with E-state index < -0.39 is 17.4 Å². The van der Waals surface area contributed by atoms with Gasteiger partial charge in [-0.15, -0.1) is 0 Å². The Bertz CT molecular complexity index is 1050. The maximum atomic E-state index is 12.8. The predicted molar refractivity (Wildman–Crippen MR) is 112 cm³/mol. The molecular weight excluding hydrogens is 370 g/mol. The molecule has 0 fully saturated rings. The number of aromatic hydroxyl groups is 1. The first-order valence-corrected chi connectivity index (χ1v) is 9.66. The summed E-state index contributed by atoms with van der Waals surface area (Å²) >= 11 is 0. The number of nitrogens with one attached hydrogen (secondary N) is 1. The molecule has 0 bridgehead atoms. The van der Waals surface area contributed by atoms with E-state index in [1.165, 1.54) is 0 Å². The second-order valence-corrected chi connectivity index (χ2v) is 7.06. The molecule has 0 aliphatic carbocycles. The summed E-state index contributed by atoms with van der Waals surface area (Å²) < 4.78 is 10.8. The quantitative estimate of drug-likeness (QED) is 0.588. The van der Waals surface area contributed by atoms with Crippen LogP contribution in [0.3, 0.4) is 0 Å². The topological polar surface area (TPSA) is 88.6 Å². The second-order valence-electron chi connectivity index (χ2n) is 7.06. The average molecular weight is 395 g/mol. The van der Waals surface area contributed by atoms with Crippen molar-refractivity contribution < 1.29 is 19.4 Å². The molecule has 6 heteroatoms. The maximum Gasteiger partial charge on any atom is 0.306 e. The highest BCUT2D eigenvalue weighted by Gasteiger charge is 2.26. The van der Waals surface area contributed by atoms with Crippen LogP contribution in [0.4, 0.5) is 0 Å². The molecule has 3 aromatic rings. The lowest BCUT2D eigenvalue weighted by Crippen LogP contribution is -2.21. The van der Waals surface area contributed by atoms with Gasteiger partial charge in [-0.3, -0.25) is 9.59 Å². The fourth-order valence-electron chi connectivity index (χ4n) is 3.39. The highest BCUT2D eigenvalue weighted by Crippen LogP contribution is 2.36. The minimum absolute atomic E-state index is 0.0311. The zero-order valence-electron chi connectivity index (χ0n) is 16.8. The van der Waals surface area contributed by atoms with Gasteiger partial charge in [-0.1, -0.05) is 24.3 Å². The van der Waals surface area contributed by atoms with Crippen LogP contribution in [0.5, 0.6) is 11.5 Å². The molecule has 152 valence electrons. The number of para-hydroxylation sites is 1. The molecule has 1 heterocycles. The zero-order valence-corrected chi connectivity index (χ0v) is 16.8. The molecular formula is C23H25NO5. The summed E-state index contributed by atoms with van der Waals surface area (Å²) in [4.78, 5) is 27.9. The summed E-state index contributed by atoms with van der Waals surface area (Å²) in [5, 5.41) is 11.4. The normalized spacial score (nSPS) is 12.1. The smallest absolute Gasteiger partial charge is 0.306 e. The number of H-pyrrole nitrogens is 1. The van der Waals surface area contributed by atoms with Crippen LogP contribution in [0.15, 0.2) is 53.3 Å². The van der Waals surface area contributed by atoms with E-state index in [0.29, 0.717) is 22.2 Å². The molecule has 0 aliphatic heterocycles. The van der Waals surface area contributed by atoms with Crippen molar-refractivity contribution in [1.29, 1.82) is 0 Å². The standard InChI is InChI=1S/C23H25NO5/c1-4-28-20(25)13-18(15-9-11-16(12-10-15)29-14(2)3)21-22(26)17-7-5-6-8-19(17)24-23(21)27/h5-12,14,18H,4,13H2,1-3H3,(H2,24,26,27)/t18-/m0/s1. The van der Waals surface area contributed by atoms with Crippen molar-refractivity contribution in [3.05, 3.63) is 70.0 Å². The number of pyridine rings is 1. The Morgan fingerprint density at radius 1 is 1.10 bits per heavy atom. The van der Waals surface area contributed by atoms with E-state index in [-0.39, 0.29) is 30.4 Å². The molecule has 3 rings (SSSR count). The predicted octanol–water partition coefficient (Wildman–Crippen LogP) is 4.11. The number of benzene rings is 2. The first-order chi connectivity index (χ1) is 13.9. The molecule has 0 spiro atoms. The Morgan fingerprint density at radius 2 is 1.79 bits per heavy atom. The van der Waals surface area contributed by atoms with Gasteiger partial charge in [0, 0.05) is 11.3 Å². The van der Waals surface area contributed by atoms with Crippen molar-refractivity contribution in [2.75, 3.05) is 6.61 Å². The molecule has 0 radical (unpaired) electrons. The van der Waals surface area contributed by atoms with Gasteiger partial charge >= 0.3 is 5.97 Å². The Hall–Kier alpha value is -3.28. The first-order valence-electron chi connectivity index (χ1n) is 9.66. The lowest BCUT2D eigenvalue weighted by molar-refractivity contribution is -0.143. The molecule has 2 N–H and O–H groups in total. The third-order valence-corrected chi connectivity index (χ3v) is 4.61. The molecule has 1 atom stereocenters. The molecule has 6 nitrogen and oxygen atoms in total. The van der Waals surface area contributed by atoms with E-state index in [2.05, 4.69) is 4.98 Å². The number of carbonyl (C=O) groups excluding carboxylic acids is 1. The van der Waals surface area contributed by atoms with Crippen molar-refractivity contribution in [1.82, 2.24) is 4.98 Å². The minimum atomic E-state index is -0.657. The number of carbonyl (C=O) groups is 1. The zero-order chi connectivity index (χ0) is 21.0. The third kappa shape index (κ3) is 4.59. The molecule has 2 aromatic carbocycles. The van der Waals surface area contributed by atoms with Gasteiger partial charge in [0.1, 0.15) is 11.5 Å². The Labute approximate surface area is 169 Å². The van der Waals surface area contributed by atoms with E-state index >= 15 is 0 Å². The molecule has 29 heavy (non-hydrogen) atoms. The second kappa shape index (κ2) is 8.82. The third-order valence-electron chi connectivity index (χ3n) is 4.61. The number of esters is 1. The van der Waals surface area contributed by atoms with E-state index in [0.717, 1.165) is 0 Å². The van der Waals surface area contributed by atoms with E-state index in [4.69, 9.17) is 9.47 Å². The highest BCUT2D eigenvalue weighted by atomic mass is 16.5. The monoisotopic (exact) mass is 395 g/mol. The summed E-state index contributed by atoms with van der Waals surface area (Å²) in [5.41, 5.74) is 0.965. The summed E-state index contributed by atoms with van der Waals surface area (Å²) in [6, 6.07) is 14.2. The van der Waals surface area contributed by atoms with Crippen molar-refractivity contribution in [2.45, 2.75) is 39.2 Å². The molecule has 0 saturated heterocycles. The van der Waals surface area contributed by atoms with Crippen LogP contribution in [0.25, 0.3) is 10.9 Å². The van der Waals surface area contributed by atoms with Gasteiger partial charge in [-0.05, 0) is 50.6 Å². The van der Waals surface area contributed by atoms with Gasteiger partial charge in [0.25, 0.3) is 5.56 Å². The summed E-state index contributed by atoms with van der Waals surface area (Å²) in [6.07, 6.45) is -0.0312. The van der Waals surface area contributed by atoms with Gasteiger partial charge in [-0.25, -0.2) is 0 Å². The van der Waals surface area contributed by atoms with E-state index in [1.54, 1.807) is 55.5 Å². The van der Waals surface area contributed by atoms with Gasteiger partial charge in [0.15, 0.2) is 0 Å². The lowest BCUT2D eigenvalue weighted by atomic mass is 9.87. The number of aromatic amines is 1. The Kier molecular flexibility index (Phi) is 6.22. The van der Waals surface area contributed by atoms with Crippen LogP contribution >= 0.6 is 0 Å². The van der Waals surface area contributed by atoms with E-state index in [1.807, 2.05) is 13.8 Å². The van der Waals surface area contributed by atoms with E-state index in [9.17, 15) is 14.7 Å². The summed E-state index contributed by atoms with van der Waals surface area (Å²) in [7, 11) is 0. The maximum absolute atomic E-state index is 12.8. The highest BCUT2D eigenvalue weighted by molar-refractivity contribution is 5.86. The molecule has 0 saturated carbocycles. The SMILES string of the molecule is CCOC(=O)C[C@@H](c1ccc(OC(C)C)cc1)c1c(O)c2ccccc2[nH]c1=O. The van der Waals surface area contributed by atoms with Gasteiger partial charge in [0.05, 0.1) is 30.2 Å². The fourth-order valence-corrected chi connectivity index (χ4v) is 3.39. The Balaban J connectivity index is 2.10. The number of aromatic nitrogens is 1. The van der Waals surface area contributed by atoms with Gasteiger partial charge < -0.3 is 19.6 Å². The van der Waals surface area contributed by atoms with Crippen LogP contribution in [-0.4, -0.2) is 28.8 Å². The number of hydrogen-bond acceptors (Lipinski definition) is 5. The van der Waals surface area contributed by atoms with Crippen molar-refractivity contribution in [2.24, 2.45) is 0 Å². The van der Waals surface area contributed by atoms with Crippen molar-refractivity contribution in [3.8, 4) is 11.5 Å². The number of hydrogen-bond donors (Lipinski definition) is 2. The molecule has 0 amide bonds. The Morgan fingerprint density at radius 3 is 2.45 bits per heavy atom. The van der Waals surface area contributed by atoms with Crippen LogP contribution in [0, 0.1) is 0 Å². The molecule has 1 aromatic heterocycles. The number of rotatable bonds is 7. The molecule has 0 unspecified atom stereocenters. The van der Waals surface area contributed by atoms with Crippen LogP contribution in [-0.2, 0) is 9.53 Å². The van der Waals surface area contributed by atoms with Crippen LogP contribution in [0.1, 0.15) is 44.2 Å². The van der Waals surface area contributed by atoms with Crippen molar-refractivity contribution >= 4 is 16.9 Å². The van der Waals surface area contributed by atoms with Gasteiger partial charge in [0.2, 0.25) is 0 Å². The summed E-state index contributed by atoms with van der Waals surface area (Å²) in [6.45, 7) is 5.84.